The summed E-state index contributed by atoms with van der Waals surface area (Å²) in [4.78, 5) is 12.6. The van der Waals surface area contributed by atoms with Crippen LogP contribution in [0.15, 0.2) is 76.4 Å². The highest BCUT2D eigenvalue weighted by Crippen LogP contribution is 2.31. The van der Waals surface area contributed by atoms with Crippen LogP contribution in [0.3, 0.4) is 0 Å². The fraction of sp³-hybridized carbons (Fsp3) is 0.160. The number of para-hydroxylation sites is 1. The average Bonchev–Trinajstić information content (AvgIpc) is 3.45. The van der Waals surface area contributed by atoms with E-state index in [1.54, 1.807) is 7.11 Å². The van der Waals surface area contributed by atoms with Crippen molar-refractivity contribution in [2.24, 2.45) is 0 Å². The van der Waals surface area contributed by atoms with E-state index in [1.165, 1.54) is 22.7 Å². The molecule has 1 N–H and O–H groups in total. The third kappa shape index (κ3) is 4.17. The van der Waals surface area contributed by atoms with Gasteiger partial charge in [0.15, 0.2) is 0 Å². The third-order valence-electron chi connectivity index (χ3n) is 5.44. The van der Waals surface area contributed by atoms with Crippen LogP contribution in [-0.4, -0.2) is 33.5 Å². The Labute approximate surface area is 194 Å². The normalized spacial score (nSPS) is 11.2. The number of benzene rings is 3. The summed E-state index contributed by atoms with van der Waals surface area (Å²) in [5, 5.41) is 13.7. The summed E-state index contributed by atoms with van der Waals surface area (Å²) in [6.45, 7) is 3.02. The molecule has 0 fully saturated rings. The number of methoxy groups -OCH3 is 1. The summed E-state index contributed by atoms with van der Waals surface area (Å²) in [5.74, 6) is 1.18. The molecule has 7 nitrogen and oxygen atoms in total. The molecular weight excluding hydrogens is 436 g/mol. The number of nitrogens with one attached hydrogen (secondary N) is 1. The highest BCUT2D eigenvalue weighted by Gasteiger charge is 2.13. The Morgan fingerprint density at radius 3 is 2.61 bits per heavy atom. The molecule has 0 aliphatic rings. The van der Waals surface area contributed by atoms with Crippen molar-refractivity contribution in [2.75, 3.05) is 18.2 Å². The lowest BCUT2D eigenvalue weighted by atomic mass is 10.1. The van der Waals surface area contributed by atoms with E-state index < -0.39 is 0 Å². The van der Waals surface area contributed by atoms with E-state index >= 15 is 0 Å². The first kappa shape index (κ1) is 21.1. The van der Waals surface area contributed by atoms with Crippen molar-refractivity contribution >= 4 is 45.2 Å². The Morgan fingerprint density at radius 2 is 1.82 bits per heavy atom. The van der Waals surface area contributed by atoms with Gasteiger partial charge in [-0.05, 0) is 55.5 Å². The second-order valence-corrected chi connectivity index (χ2v) is 8.36. The minimum atomic E-state index is -0.136. The van der Waals surface area contributed by atoms with E-state index in [-0.39, 0.29) is 11.7 Å². The molecule has 5 rings (SSSR count). The molecule has 0 radical (unpaired) electrons. The molecule has 0 spiro atoms. The van der Waals surface area contributed by atoms with Crippen molar-refractivity contribution in [1.82, 2.24) is 14.8 Å². The summed E-state index contributed by atoms with van der Waals surface area (Å²) < 4.78 is 13.1. The van der Waals surface area contributed by atoms with Crippen LogP contribution in [0.1, 0.15) is 6.92 Å². The topological polar surface area (TPSA) is 82.2 Å². The van der Waals surface area contributed by atoms with Gasteiger partial charge >= 0.3 is 0 Å². The quantitative estimate of drug-likeness (QED) is 0.320. The number of anilines is 1. The minimum Gasteiger partial charge on any atom is -0.497 e. The molecule has 3 aromatic carbocycles. The number of ether oxygens (including phenoxy) is 1. The van der Waals surface area contributed by atoms with Crippen molar-refractivity contribution in [3.63, 3.8) is 0 Å². The van der Waals surface area contributed by atoms with E-state index in [1.807, 2.05) is 48.5 Å². The highest BCUT2D eigenvalue weighted by molar-refractivity contribution is 7.99. The van der Waals surface area contributed by atoms with Crippen LogP contribution in [-0.2, 0) is 11.3 Å². The van der Waals surface area contributed by atoms with Crippen LogP contribution in [0.5, 0.6) is 5.75 Å². The minimum absolute atomic E-state index is 0.136. The largest absolute Gasteiger partial charge is 0.497 e. The van der Waals surface area contributed by atoms with Gasteiger partial charge in [-0.25, -0.2) is 0 Å². The zero-order valence-electron chi connectivity index (χ0n) is 18.2. The van der Waals surface area contributed by atoms with Crippen molar-refractivity contribution < 1.29 is 13.9 Å². The number of nitrogens with zero attached hydrogens (tertiary/aromatic N) is 3. The van der Waals surface area contributed by atoms with E-state index in [0.29, 0.717) is 11.1 Å². The molecule has 0 aliphatic heterocycles. The predicted molar refractivity (Wildman–Crippen MR) is 131 cm³/mol. The lowest BCUT2D eigenvalue weighted by Gasteiger charge is -2.06. The van der Waals surface area contributed by atoms with Crippen LogP contribution in [0.25, 0.3) is 33.3 Å². The zero-order valence-corrected chi connectivity index (χ0v) is 19.1. The first-order valence-electron chi connectivity index (χ1n) is 10.6. The summed E-state index contributed by atoms with van der Waals surface area (Å²) in [7, 11) is 1.61. The third-order valence-corrected chi connectivity index (χ3v) is 6.26. The maximum absolute atomic E-state index is 12.6. The van der Waals surface area contributed by atoms with Crippen molar-refractivity contribution in [3.8, 4) is 17.2 Å². The molecule has 0 saturated heterocycles. The number of aryl methyl sites for hydroxylation is 1. The lowest BCUT2D eigenvalue weighted by Crippen LogP contribution is -2.13. The molecule has 8 heteroatoms. The second kappa shape index (κ2) is 8.99. The number of thioether (sulfide) groups is 1. The first-order chi connectivity index (χ1) is 16.2. The predicted octanol–water partition coefficient (Wildman–Crippen LogP) is 5.60. The molecule has 0 aliphatic carbocycles. The summed E-state index contributed by atoms with van der Waals surface area (Å²) in [6, 6.07) is 21.7. The van der Waals surface area contributed by atoms with Crippen LogP contribution in [0.4, 0.5) is 5.69 Å². The van der Waals surface area contributed by atoms with E-state index in [2.05, 4.69) is 45.2 Å². The molecular formula is C25H22N4O3S. The number of carbonyl (C=O) groups excluding carboxylic acids is 1. The fourth-order valence-corrected chi connectivity index (χ4v) is 4.48. The molecule has 2 heterocycles. The smallest absolute Gasteiger partial charge is 0.277 e. The van der Waals surface area contributed by atoms with Gasteiger partial charge in [-0.15, -0.1) is 10.2 Å². The van der Waals surface area contributed by atoms with Gasteiger partial charge in [-0.2, -0.15) is 0 Å². The Morgan fingerprint density at radius 1 is 1.03 bits per heavy atom. The molecule has 0 bridgehead atoms. The Bertz CT molecular complexity index is 1440. The molecule has 5 aromatic rings. The lowest BCUT2D eigenvalue weighted by molar-refractivity contribution is -0.113. The summed E-state index contributed by atoms with van der Waals surface area (Å²) in [5.41, 5.74) is 3.90. The first-order valence-corrected chi connectivity index (χ1v) is 11.6. The number of hydrogen-bond donors (Lipinski definition) is 1. The van der Waals surface area contributed by atoms with Gasteiger partial charge < -0.3 is 19.0 Å². The Kier molecular flexibility index (Phi) is 5.75. The fourth-order valence-electron chi connectivity index (χ4n) is 3.91. The number of fused-ring (bicyclic) bond motifs is 3. The van der Waals surface area contributed by atoms with Crippen LogP contribution in [0.2, 0.25) is 0 Å². The Hall–Kier alpha value is -3.78. The Balaban J connectivity index is 1.27. The van der Waals surface area contributed by atoms with E-state index in [0.717, 1.165) is 34.4 Å². The number of aromatic nitrogens is 3. The van der Waals surface area contributed by atoms with Crippen LogP contribution < -0.4 is 10.1 Å². The number of carbonyl (C=O) groups is 1. The van der Waals surface area contributed by atoms with Crippen molar-refractivity contribution in [2.45, 2.75) is 18.7 Å². The van der Waals surface area contributed by atoms with Gasteiger partial charge in [0.2, 0.25) is 11.8 Å². The maximum atomic E-state index is 12.6. The molecule has 33 heavy (non-hydrogen) atoms. The number of amides is 1. The standard InChI is InChI=1S/C25H22N4O3S/c1-3-29-21-7-5-4-6-19(21)20-14-17(10-13-22(20)29)26-23(30)15-33-25-28-27-24(32-25)16-8-11-18(31-2)12-9-16/h4-14H,3,15H2,1-2H3,(H,26,30). The van der Waals surface area contributed by atoms with Gasteiger partial charge in [0.05, 0.1) is 12.9 Å². The van der Waals surface area contributed by atoms with Gasteiger partial charge in [0, 0.05) is 39.6 Å². The van der Waals surface area contributed by atoms with Gasteiger partial charge in [-0.3, -0.25) is 4.79 Å². The molecule has 1 amide bonds. The summed E-state index contributed by atoms with van der Waals surface area (Å²) >= 11 is 1.20. The summed E-state index contributed by atoms with van der Waals surface area (Å²) in [6.07, 6.45) is 0. The SMILES string of the molecule is CCn1c2ccccc2c2cc(NC(=O)CSc3nnc(-c4ccc(OC)cc4)o3)ccc21. The average molecular weight is 459 g/mol. The number of hydrogen-bond acceptors (Lipinski definition) is 6. The molecule has 2 aromatic heterocycles. The van der Waals surface area contributed by atoms with Crippen LogP contribution in [0, 0.1) is 0 Å². The molecule has 0 unspecified atom stereocenters. The zero-order chi connectivity index (χ0) is 22.8. The maximum Gasteiger partial charge on any atom is 0.277 e. The van der Waals surface area contributed by atoms with Crippen molar-refractivity contribution in [3.05, 3.63) is 66.7 Å². The monoisotopic (exact) mass is 458 g/mol. The van der Waals surface area contributed by atoms with Gasteiger partial charge in [-0.1, -0.05) is 30.0 Å². The molecule has 166 valence electrons. The molecule has 0 atom stereocenters. The van der Waals surface area contributed by atoms with Gasteiger partial charge in [0.1, 0.15) is 5.75 Å². The number of rotatable bonds is 7. The highest BCUT2D eigenvalue weighted by atomic mass is 32.2. The molecule has 0 saturated carbocycles. The van der Waals surface area contributed by atoms with E-state index in [4.69, 9.17) is 9.15 Å². The van der Waals surface area contributed by atoms with Crippen molar-refractivity contribution in [1.29, 1.82) is 0 Å². The van der Waals surface area contributed by atoms with Gasteiger partial charge in [0.25, 0.3) is 5.22 Å². The van der Waals surface area contributed by atoms with E-state index in [9.17, 15) is 4.79 Å². The second-order valence-electron chi connectivity index (χ2n) is 7.43. The van der Waals surface area contributed by atoms with Crippen LogP contribution >= 0.6 is 11.8 Å².